The molecule has 0 aliphatic rings. The Morgan fingerprint density at radius 2 is 2.11 bits per heavy atom. The number of rotatable bonds is 2. The molecule has 0 aliphatic heterocycles. The summed E-state index contributed by atoms with van der Waals surface area (Å²) in [4.78, 5) is 37.3. The van der Waals surface area contributed by atoms with Crippen molar-refractivity contribution in [3.63, 3.8) is 0 Å². The molecule has 3 aromatic rings. The number of aromatic nitrogens is 5. The molecule has 0 saturated heterocycles. The number of fused-ring (bicyclic) bond motifs is 1. The van der Waals surface area contributed by atoms with Crippen LogP contribution in [0.15, 0.2) is 34.2 Å². The molecule has 96 valence electrons. The summed E-state index contributed by atoms with van der Waals surface area (Å²) in [6.45, 7) is 0. The molecular formula is C11H10N6O2. The lowest BCUT2D eigenvalue weighted by molar-refractivity contribution is 0.890. The zero-order chi connectivity index (χ0) is 13.4. The van der Waals surface area contributed by atoms with Crippen LogP contribution in [0.5, 0.6) is 0 Å². The molecule has 8 nitrogen and oxygen atoms in total. The number of H-pyrrole nitrogens is 2. The molecular weight excluding hydrogens is 248 g/mol. The zero-order valence-electron chi connectivity index (χ0n) is 9.97. The minimum Gasteiger partial charge on any atom is -0.373 e. The van der Waals surface area contributed by atoms with Gasteiger partial charge in [-0.2, -0.15) is 0 Å². The number of aromatic amines is 2. The summed E-state index contributed by atoms with van der Waals surface area (Å²) in [5.41, 5.74) is -0.135. The molecule has 0 amide bonds. The smallest absolute Gasteiger partial charge is 0.334 e. The molecule has 0 aliphatic carbocycles. The van der Waals surface area contributed by atoms with Crippen LogP contribution in [0, 0.1) is 0 Å². The summed E-state index contributed by atoms with van der Waals surface area (Å²) in [5, 5.41) is 2.86. The van der Waals surface area contributed by atoms with Crippen molar-refractivity contribution < 1.29 is 0 Å². The van der Waals surface area contributed by atoms with E-state index in [9.17, 15) is 9.59 Å². The van der Waals surface area contributed by atoms with Crippen LogP contribution in [0.25, 0.3) is 16.9 Å². The number of hydrogen-bond acceptors (Lipinski definition) is 5. The van der Waals surface area contributed by atoms with Crippen molar-refractivity contribution >= 4 is 17.0 Å². The second kappa shape index (κ2) is 4.09. The first-order valence-electron chi connectivity index (χ1n) is 5.53. The Bertz CT molecular complexity index is 842. The summed E-state index contributed by atoms with van der Waals surface area (Å²) in [6.07, 6.45) is 2.80. The number of hydrogen-bond donors (Lipinski definition) is 3. The van der Waals surface area contributed by atoms with Crippen LogP contribution < -0.4 is 16.6 Å². The van der Waals surface area contributed by atoms with Gasteiger partial charge in [0.1, 0.15) is 11.3 Å². The Morgan fingerprint density at radius 1 is 1.26 bits per heavy atom. The highest BCUT2D eigenvalue weighted by atomic mass is 16.2. The molecule has 0 radical (unpaired) electrons. The first-order chi connectivity index (χ1) is 9.20. The Labute approximate surface area is 106 Å². The van der Waals surface area contributed by atoms with Crippen molar-refractivity contribution in [1.29, 1.82) is 0 Å². The molecule has 3 aromatic heterocycles. The summed E-state index contributed by atoms with van der Waals surface area (Å²) in [7, 11) is 1.73. The van der Waals surface area contributed by atoms with E-state index in [-0.39, 0.29) is 11.2 Å². The third-order valence-electron chi connectivity index (χ3n) is 2.75. The molecule has 3 N–H and O–H groups in total. The monoisotopic (exact) mass is 258 g/mol. The van der Waals surface area contributed by atoms with Gasteiger partial charge in [-0.15, -0.1) is 0 Å². The fraction of sp³-hybridized carbons (Fsp3) is 0.0909. The van der Waals surface area contributed by atoms with Gasteiger partial charge in [0, 0.05) is 7.05 Å². The Morgan fingerprint density at radius 3 is 2.79 bits per heavy atom. The van der Waals surface area contributed by atoms with Crippen molar-refractivity contribution in [3.05, 3.63) is 45.5 Å². The lowest BCUT2D eigenvalue weighted by Crippen LogP contribution is -2.33. The molecule has 0 bridgehead atoms. The van der Waals surface area contributed by atoms with E-state index >= 15 is 0 Å². The fourth-order valence-electron chi connectivity index (χ4n) is 1.81. The van der Waals surface area contributed by atoms with Crippen LogP contribution in [0.4, 0.5) is 5.82 Å². The first-order valence-corrected chi connectivity index (χ1v) is 5.53. The van der Waals surface area contributed by atoms with Gasteiger partial charge in [-0.25, -0.2) is 19.3 Å². The lowest BCUT2D eigenvalue weighted by atomic mass is 10.4. The molecule has 8 heteroatoms. The number of pyridine rings is 1. The maximum absolute atomic E-state index is 12.2. The quantitative estimate of drug-likeness (QED) is 0.591. The van der Waals surface area contributed by atoms with Crippen LogP contribution in [0.3, 0.4) is 0 Å². The SMILES string of the molecule is CNc1ccc(-n2c(=O)[nH]c3nc[nH]c3c2=O)cn1. The van der Waals surface area contributed by atoms with E-state index in [1.54, 1.807) is 19.2 Å². The number of imidazole rings is 1. The van der Waals surface area contributed by atoms with Gasteiger partial charge in [0.15, 0.2) is 5.65 Å². The van der Waals surface area contributed by atoms with Crippen LogP contribution in [-0.2, 0) is 0 Å². The van der Waals surface area contributed by atoms with E-state index < -0.39 is 11.2 Å². The predicted octanol–water partition coefficient (Wildman–Crippen LogP) is -0.161. The summed E-state index contributed by atoms with van der Waals surface area (Å²) < 4.78 is 1.01. The van der Waals surface area contributed by atoms with Crippen molar-refractivity contribution in [2.45, 2.75) is 0 Å². The van der Waals surface area contributed by atoms with E-state index in [1.807, 2.05) is 0 Å². The lowest BCUT2D eigenvalue weighted by Gasteiger charge is -2.05. The summed E-state index contributed by atoms with van der Waals surface area (Å²) in [6, 6.07) is 3.32. The van der Waals surface area contributed by atoms with Gasteiger partial charge in [-0.05, 0) is 12.1 Å². The topological polar surface area (TPSA) is 108 Å². The van der Waals surface area contributed by atoms with Crippen molar-refractivity contribution in [1.82, 2.24) is 24.5 Å². The van der Waals surface area contributed by atoms with Crippen molar-refractivity contribution in [2.24, 2.45) is 0 Å². The molecule has 0 spiro atoms. The van der Waals surface area contributed by atoms with Crippen LogP contribution in [-0.4, -0.2) is 31.6 Å². The van der Waals surface area contributed by atoms with Crippen LogP contribution in [0.1, 0.15) is 0 Å². The van der Waals surface area contributed by atoms with E-state index in [0.717, 1.165) is 4.57 Å². The van der Waals surface area contributed by atoms with E-state index in [0.29, 0.717) is 11.5 Å². The normalized spacial score (nSPS) is 10.8. The van der Waals surface area contributed by atoms with Gasteiger partial charge in [0.25, 0.3) is 5.56 Å². The van der Waals surface area contributed by atoms with E-state index in [1.165, 1.54) is 12.5 Å². The second-order valence-corrected chi connectivity index (χ2v) is 3.85. The maximum Gasteiger partial charge on any atom is 0.334 e. The van der Waals surface area contributed by atoms with Crippen LogP contribution in [0.2, 0.25) is 0 Å². The number of nitrogens with zero attached hydrogens (tertiary/aromatic N) is 3. The first kappa shape index (κ1) is 11.2. The van der Waals surface area contributed by atoms with Crippen molar-refractivity contribution in [2.75, 3.05) is 12.4 Å². The van der Waals surface area contributed by atoms with Gasteiger partial charge < -0.3 is 10.3 Å². The van der Waals surface area contributed by atoms with Gasteiger partial charge in [0.05, 0.1) is 18.2 Å². The third-order valence-corrected chi connectivity index (χ3v) is 2.75. The average molecular weight is 258 g/mol. The molecule has 3 heterocycles. The summed E-state index contributed by atoms with van der Waals surface area (Å²) >= 11 is 0. The highest BCUT2D eigenvalue weighted by Gasteiger charge is 2.11. The Kier molecular flexibility index (Phi) is 2.41. The summed E-state index contributed by atoms with van der Waals surface area (Å²) in [5.74, 6) is 0.649. The second-order valence-electron chi connectivity index (χ2n) is 3.85. The zero-order valence-corrected chi connectivity index (χ0v) is 9.97. The Balaban J connectivity index is 2.29. The van der Waals surface area contributed by atoms with Gasteiger partial charge >= 0.3 is 5.69 Å². The van der Waals surface area contributed by atoms with Crippen molar-refractivity contribution in [3.8, 4) is 5.69 Å². The maximum atomic E-state index is 12.2. The predicted molar refractivity (Wildman–Crippen MR) is 69.7 cm³/mol. The number of nitrogens with one attached hydrogen (secondary N) is 3. The standard InChI is InChI=1S/C11H10N6O2/c1-12-7-3-2-6(4-13-7)17-10(18)8-9(15-5-14-8)16-11(17)19/h2-5H,1H3,(H,12,13)(H,14,15)(H,16,19). The largest absolute Gasteiger partial charge is 0.373 e. The fourth-order valence-corrected chi connectivity index (χ4v) is 1.81. The molecule has 0 saturated carbocycles. The molecule has 0 atom stereocenters. The van der Waals surface area contributed by atoms with Gasteiger partial charge in [-0.3, -0.25) is 9.78 Å². The minimum atomic E-state index is -0.552. The Hall–Kier alpha value is -2.90. The van der Waals surface area contributed by atoms with Gasteiger partial charge in [-0.1, -0.05) is 0 Å². The molecule has 0 unspecified atom stereocenters. The highest BCUT2D eigenvalue weighted by Crippen LogP contribution is 2.06. The van der Waals surface area contributed by atoms with Crippen LogP contribution >= 0.6 is 0 Å². The number of anilines is 1. The van der Waals surface area contributed by atoms with E-state index in [2.05, 4.69) is 25.3 Å². The minimum absolute atomic E-state index is 0.242. The molecule has 19 heavy (non-hydrogen) atoms. The highest BCUT2D eigenvalue weighted by molar-refractivity contribution is 5.68. The molecule has 0 aromatic carbocycles. The van der Waals surface area contributed by atoms with E-state index in [4.69, 9.17) is 0 Å². The molecule has 3 rings (SSSR count). The van der Waals surface area contributed by atoms with Gasteiger partial charge in [0.2, 0.25) is 0 Å². The third kappa shape index (κ3) is 1.69. The average Bonchev–Trinajstić information content (AvgIpc) is 2.88. The molecule has 0 fully saturated rings.